The summed E-state index contributed by atoms with van der Waals surface area (Å²) in [4.78, 5) is 23.4. The molecule has 0 aromatic heterocycles. The maximum absolute atomic E-state index is 11.7. The predicted molar refractivity (Wildman–Crippen MR) is 117 cm³/mol. The van der Waals surface area contributed by atoms with Crippen molar-refractivity contribution in [1.29, 1.82) is 0 Å². The van der Waals surface area contributed by atoms with E-state index in [1.165, 1.54) is 6.21 Å². The number of benzene rings is 2. The molecule has 0 spiro atoms. The lowest BCUT2D eigenvalue weighted by Crippen LogP contribution is -2.39. The predicted octanol–water partition coefficient (Wildman–Crippen LogP) is 3.54. The molecule has 0 aliphatic heterocycles. The Morgan fingerprint density at radius 2 is 1.80 bits per heavy atom. The molecule has 0 radical (unpaired) electrons. The summed E-state index contributed by atoms with van der Waals surface area (Å²) >= 11 is 5.90. The Balaban J connectivity index is 1.97. The highest BCUT2D eigenvalue weighted by Crippen LogP contribution is 2.29. The van der Waals surface area contributed by atoms with Gasteiger partial charge in [0.05, 0.1) is 12.8 Å². The largest absolute Gasteiger partial charge is 0.490 e. The average molecular weight is 432 g/mol. The number of hydrogen-bond donors (Lipinski definition) is 2. The summed E-state index contributed by atoms with van der Waals surface area (Å²) in [6, 6.07) is 12.7. The molecule has 2 rings (SSSR count). The Bertz CT molecular complexity index is 882. The first-order chi connectivity index (χ1) is 14.4. The fourth-order valence-corrected chi connectivity index (χ4v) is 2.45. The molecule has 8 heteroatoms. The minimum absolute atomic E-state index is 0.252. The van der Waals surface area contributed by atoms with Gasteiger partial charge in [-0.3, -0.25) is 9.59 Å². The first-order valence-electron chi connectivity index (χ1n) is 9.64. The zero-order valence-corrected chi connectivity index (χ0v) is 18.0. The van der Waals surface area contributed by atoms with Crippen molar-refractivity contribution in [3.05, 3.63) is 58.6 Å². The van der Waals surface area contributed by atoms with E-state index in [0.29, 0.717) is 41.8 Å². The second-order valence-electron chi connectivity index (χ2n) is 6.86. The second kappa shape index (κ2) is 11.8. The smallest absolute Gasteiger partial charge is 0.329 e. The van der Waals surface area contributed by atoms with Crippen LogP contribution in [-0.4, -0.2) is 31.2 Å². The lowest BCUT2D eigenvalue weighted by atomic mass is 10.2. The number of rotatable bonds is 9. The van der Waals surface area contributed by atoms with E-state index in [2.05, 4.69) is 15.8 Å². The molecule has 0 fully saturated rings. The summed E-state index contributed by atoms with van der Waals surface area (Å²) in [7, 11) is 0. The van der Waals surface area contributed by atoms with E-state index in [1.807, 2.05) is 32.9 Å². The van der Waals surface area contributed by atoms with Crippen molar-refractivity contribution in [2.75, 3.05) is 13.2 Å². The van der Waals surface area contributed by atoms with Gasteiger partial charge in [-0.15, -0.1) is 0 Å². The molecule has 0 bridgehead atoms. The van der Waals surface area contributed by atoms with Gasteiger partial charge in [0.15, 0.2) is 11.5 Å². The van der Waals surface area contributed by atoms with Gasteiger partial charge >= 0.3 is 11.8 Å². The molecule has 2 amide bonds. The molecule has 0 saturated heterocycles. The van der Waals surface area contributed by atoms with Crippen LogP contribution in [0.15, 0.2) is 47.6 Å². The Hall–Kier alpha value is -3.06. The summed E-state index contributed by atoms with van der Waals surface area (Å²) in [6.07, 6.45) is 1.43. The molecule has 2 N–H and O–H groups in total. The monoisotopic (exact) mass is 431 g/mol. The molecule has 0 aliphatic carbocycles. The average Bonchev–Trinajstić information content (AvgIpc) is 2.72. The summed E-state index contributed by atoms with van der Waals surface area (Å²) in [6.45, 7) is 7.01. The van der Waals surface area contributed by atoms with Crippen molar-refractivity contribution in [1.82, 2.24) is 10.7 Å². The van der Waals surface area contributed by atoms with Gasteiger partial charge in [-0.2, -0.15) is 5.10 Å². The number of hydrogen-bond acceptors (Lipinski definition) is 5. The number of amides is 2. The summed E-state index contributed by atoms with van der Waals surface area (Å²) < 4.78 is 11.5. The standard InChI is InChI=1S/C22H26ClN3O4/c1-4-29-20-11-17(13-25-26-22(28)21(27)24-12-15(2)3)7-10-19(20)30-14-16-5-8-18(23)9-6-16/h5-11,13,15H,4,12,14H2,1-3H3,(H,24,27)(H,26,28)/b25-13-. The maximum Gasteiger partial charge on any atom is 0.329 e. The summed E-state index contributed by atoms with van der Waals surface area (Å²) in [5.74, 6) is -0.151. The molecule has 0 saturated carbocycles. The molecule has 0 atom stereocenters. The number of carbonyl (C=O) groups excluding carboxylic acids is 2. The van der Waals surface area contributed by atoms with Gasteiger partial charge in [-0.25, -0.2) is 5.43 Å². The van der Waals surface area contributed by atoms with E-state index in [4.69, 9.17) is 21.1 Å². The van der Waals surface area contributed by atoms with E-state index in [0.717, 1.165) is 5.56 Å². The van der Waals surface area contributed by atoms with Crippen LogP contribution in [-0.2, 0) is 16.2 Å². The molecule has 2 aromatic carbocycles. The van der Waals surface area contributed by atoms with Gasteiger partial charge in [0, 0.05) is 11.6 Å². The van der Waals surface area contributed by atoms with Crippen LogP contribution in [0.1, 0.15) is 31.9 Å². The number of hydrazone groups is 1. The third-order valence-electron chi connectivity index (χ3n) is 3.83. The fourth-order valence-electron chi connectivity index (χ4n) is 2.33. The summed E-state index contributed by atoms with van der Waals surface area (Å²) in [5.41, 5.74) is 3.87. The normalized spacial score (nSPS) is 10.8. The summed E-state index contributed by atoms with van der Waals surface area (Å²) in [5, 5.41) is 7.02. The Morgan fingerprint density at radius 3 is 2.47 bits per heavy atom. The zero-order chi connectivity index (χ0) is 21.9. The van der Waals surface area contributed by atoms with Crippen LogP contribution in [0.5, 0.6) is 11.5 Å². The van der Waals surface area contributed by atoms with E-state index in [9.17, 15) is 9.59 Å². The van der Waals surface area contributed by atoms with Gasteiger partial charge in [0.1, 0.15) is 6.61 Å². The first kappa shape index (κ1) is 23.2. The van der Waals surface area contributed by atoms with Crippen molar-refractivity contribution in [3.8, 4) is 11.5 Å². The van der Waals surface area contributed by atoms with Crippen molar-refractivity contribution in [2.45, 2.75) is 27.4 Å². The quantitative estimate of drug-likeness (QED) is 0.361. The molecule has 2 aromatic rings. The van der Waals surface area contributed by atoms with Crippen LogP contribution < -0.4 is 20.2 Å². The number of ether oxygens (including phenoxy) is 2. The van der Waals surface area contributed by atoms with E-state index >= 15 is 0 Å². The lowest BCUT2D eigenvalue weighted by molar-refractivity contribution is -0.139. The minimum Gasteiger partial charge on any atom is -0.490 e. The van der Waals surface area contributed by atoms with Crippen LogP contribution in [0.25, 0.3) is 0 Å². The van der Waals surface area contributed by atoms with E-state index in [1.54, 1.807) is 30.3 Å². The molecule has 0 heterocycles. The van der Waals surface area contributed by atoms with Crippen LogP contribution in [0.2, 0.25) is 5.02 Å². The molecule has 30 heavy (non-hydrogen) atoms. The number of nitrogens with zero attached hydrogens (tertiary/aromatic N) is 1. The van der Waals surface area contributed by atoms with Crippen LogP contribution in [0.4, 0.5) is 0 Å². The van der Waals surface area contributed by atoms with Gasteiger partial charge < -0.3 is 14.8 Å². The van der Waals surface area contributed by atoms with Crippen molar-refractivity contribution >= 4 is 29.6 Å². The van der Waals surface area contributed by atoms with Crippen LogP contribution >= 0.6 is 11.6 Å². The molecule has 0 aliphatic rings. The third kappa shape index (κ3) is 7.75. The highest BCUT2D eigenvalue weighted by Gasteiger charge is 2.12. The topological polar surface area (TPSA) is 89.0 Å². The maximum atomic E-state index is 11.7. The molecule has 160 valence electrons. The Kier molecular flexibility index (Phi) is 9.15. The van der Waals surface area contributed by atoms with E-state index < -0.39 is 11.8 Å². The molecular formula is C22H26ClN3O4. The molecular weight excluding hydrogens is 406 g/mol. The van der Waals surface area contributed by atoms with Crippen molar-refractivity contribution in [3.63, 3.8) is 0 Å². The first-order valence-corrected chi connectivity index (χ1v) is 10.0. The van der Waals surface area contributed by atoms with Crippen LogP contribution in [0.3, 0.4) is 0 Å². The van der Waals surface area contributed by atoms with E-state index in [-0.39, 0.29) is 5.92 Å². The highest BCUT2D eigenvalue weighted by molar-refractivity contribution is 6.35. The highest BCUT2D eigenvalue weighted by atomic mass is 35.5. The Labute approximate surface area is 181 Å². The third-order valence-corrected chi connectivity index (χ3v) is 4.08. The Morgan fingerprint density at radius 1 is 1.07 bits per heavy atom. The molecule has 0 unspecified atom stereocenters. The zero-order valence-electron chi connectivity index (χ0n) is 17.3. The number of carbonyl (C=O) groups is 2. The minimum atomic E-state index is -0.820. The second-order valence-corrected chi connectivity index (χ2v) is 7.29. The molecule has 7 nitrogen and oxygen atoms in total. The van der Waals surface area contributed by atoms with Gasteiger partial charge in [0.2, 0.25) is 0 Å². The van der Waals surface area contributed by atoms with Crippen molar-refractivity contribution in [2.24, 2.45) is 11.0 Å². The van der Waals surface area contributed by atoms with Crippen molar-refractivity contribution < 1.29 is 19.1 Å². The van der Waals surface area contributed by atoms with Gasteiger partial charge in [-0.1, -0.05) is 37.6 Å². The fraction of sp³-hybridized carbons (Fsp3) is 0.318. The SMILES string of the molecule is CCOc1cc(/C=N\NC(=O)C(=O)NCC(C)C)ccc1OCc1ccc(Cl)cc1. The van der Waals surface area contributed by atoms with Gasteiger partial charge in [0.25, 0.3) is 0 Å². The lowest BCUT2D eigenvalue weighted by Gasteiger charge is -2.12. The number of halogens is 1. The van der Waals surface area contributed by atoms with Gasteiger partial charge in [-0.05, 0) is 54.3 Å². The van der Waals surface area contributed by atoms with Crippen LogP contribution in [0, 0.1) is 5.92 Å². The number of nitrogens with one attached hydrogen (secondary N) is 2.